The first-order chi connectivity index (χ1) is 11.1. The molecule has 0 unspecified atom stereocenters. The van der Waals surface area contributed by atoms with Crippen molar-refractivity contribution in [3.63, 3.8) is 0 Å². The maximum absolute atomic E-state index is 6.14. The van der Waals surface area contributed by atoms with E-state index in [4.69, 9.17) is 23.2 Å². The van der Waals surface area contributed by atoms with E-state index in [-0.39, 0.29) is 0 Å². The molecule has 7 heteroatoms. The highest BCUT2D eigenvalue weighted by Gasteiger charge is 2.07. The zero-order valence-electron chi connectivity index (χ0n) is 12.2. The Bertz CT molecular complexity index is 838. The van der Waals surface area contributed by atoms with Gasteiger partial charge in [-0.05, 0) is 36.8 Å². The molecule has 0 aliphatic rings. The number of anilines is 4. The van der Waals surface area contributed by atoms with Crippen LogP contribution in [0.25, 0.3) is 0 Å². The number of aryl methyl sites for hydroxylation is 1. The molecule has 23 heavy (non-hydrogen) atoms. The molecule has 0 aliphatic heterocycles. The molecule has 0 fully saturated rings. The molecule has 0 atom stereocenters. The SMILES string of the molecule is Cc1cccc(Nc2cnnc(Nc3cccc(Cl)c3Cl)n2)c1. The molecule has 2 N–H and O–H groups in total. The van der Waals surface area contributed by atoms with E-state index in [2.05, 4.69) is 25.8 Å². The number of hydrogen-bond acceptors (Lipinski definition) is 5. The molecule has 5 nitrogen and oxygen atoms in total. The van der Waals surface area contributed by atoms with Gasteiger partial charge in [-0.3, -0.25) is 0 Å². The fraction of sp³-hybridized carbons (Fsp3) is 0.0625. The quantitative estimate of drug-likeness (QED) is 0.698. The lowest BCUT2D eigenvalue weighted by molar-refractivity contribution is 0.982. The summed E-state index contributed by atoms with van der Waals surface area (Å²) in [5.41, 5.74) is 2.70. The molecule has 1 aromatic heterocycles. The fourth-order valence-corrected chi connectivity index (χ4v) is 2.36. The van der Waals surface area contributed by atoms with E-state index in [1.807, 2.05) is 31.2 Å². The van der Waals surface area contributed by atoms with Crippen molar-refractivity contribution in [1.82, 2.24) is 15.2 Å². The van der Waals surface area contributed by atoms with Crippen LogP contribution in [0.5, 0.6) is 0 Å². The summed E-state index contributed by atoms with van der Waals surface area (Å²) in [7, 11) is 0. The summed E-state index contributed by atoms with van der Waals surface area (Å²) in [5, 5.41) is 15.0. The summed E-state index contributed by atoms with van der Waals surface area (Å²) in [5.74, 6) is 0.901. The third-order valence-electron chi connectivity index (χ3n) is 3.05. The molecule has 0 saturated heterocycles. The normalized spacial score (nSPS) is 10.4. The molecule has 3 rings (SSSR count). The van der Waals surface area contributed by atoms with Gasteiger partial charge in [0.15, 0.2) is 5.82 Å². The Morgan fingerprint density at radius 3 is 2.65 bits per heavy atom. The summed E-state index contributed by atoms with van der Waals surface area (Å²) in [6.07, 6.45) is 1.55. The average molecular weight is 346 g/mol. The first kappa shape index (κ1) is 15.5. The number of aromatic nitrogens is 3. The van der Waals surface area contributed by atoms with Crippen LogP contribution in [-0.2, 0) is 0 Å². The van der Waals surface area contributed by atoms with Gasteiger partial charge in [0.2, 0.25) is 5.95 Å². The molecule has 1 heterocycles. The summed E-state index contributed by atoms with van der Waals surface area (Å²) in [4.78, 5) is 4.37. The number of rotatable bonds is 4. The molecule has 0 amide bonds. The Morgan fingerprint density at radius 1 is 1.00 bits per heavy atom. The predicted octanol–water partition coefficient (Wildman–Crippen LogP) is 4.97. The molecule has 0 saturated carbocycles. The number of benzene rings is 2. The second-order valence-corrected chi connectivity index (χ2v) is 5.67. The smallest absolute Gasteiger partial charge is 0.249 e. The van der Waals surface area contributed by atoms with Crippen LogP contribution in [-0.4, -0.2) is 15.2 Å². The number of halogens is 2. The topological polar surface area (TPSA) is 62.7 Å². The van der Waals surface area contributed by atoms with Gasteiger partial charge < -0.3 is 10.6 Å². The van der Waals surface area contributed by atoms with Gasteiger partial charge in [-0.1, -0.05) is 41.4 Å². The predicted molar refractivity (Wildman–Crippen MR) is 94.0 cm³/mol. The monoisotopic (exact) mass is 345 g/mol. The van der Waals surface area contributed by atoms with E-state index < -0.39 is 0 Å². The molecule has 0 radical (unpaired) electrons. The van der Waals surface area contributed by atoms with Crippen LogP contribution in [0, 0.1) is 6.92 Å². The van der Waals surface area contributed by atoms with Crippen molar-refractivity contribution in [2.24, 2.45) is 0 Å². The van der Waals surface area contributed by atoms with E-state index in [9.17, 15) is 0 Å². The van der Waals surface area contributed by atoms with E-state index in [0.29, 0.717) is 27.5 Å². The van der Waals surface area contributed by atoms with Gasteiger partial charge in [-0.15, -0.1) is 5.10 Å². The van der Waals surface area contributed by atoms with E-state index in [1.165, 1.54) is 0 Å². The Labute approximate surface area is 143 Å². The minimum absolute atomic E-state index is 0.326. The summed E-state index contributed by atoms with van der Waals surface area (Å²) in [6.45, 7) is 2.03. The zero-order valence-corrected chi connectivity index (χ0v) is 13.7. The molecule has 2 aromatic carbocycles. The number of hydrogen-bond donors (Lipinski definition) is 2. The standard InChI is InChI=1S/C16H13Cl2N5/c1-10-4-2-5-11(8-10)20-14-9-19-23-16(22-14)21-13-7-3-6-12(17)15(13)18/h2-9H,1H3,(H2,20,21,22,23). The zero-order chi connectivity index (χ0) is 16.2. The van der Waals surface area contributed by atoms with Crippen molar-refractivity contribution >= 4 is 46.3 Å². The maximum atomic E-state index is 6.14. The third kappa shape index (κ3) is 3.88. The minimum atomic E-state index is 0.326. The van der Waals surface area contributed by atoms with E-state index in [0.717, 1.165) is 11.3 Å². The van der Waals surface area contributed by atoms with Crippen LogP contribution in [0.3, 0.4) is 0 Å². The second-order valence-electron chi connectivity index (χ2n) is 4.89. The van der Waals surface area contributed by atoms with E-state index in [1.54, 1.807) is 24.4 Å². The number of nitrogens with zero attached hydrogens (tertiary/aromatic N) is 3. The minimum Gasteiger partial charge on any atom is -0.339 e. The summed E-state index contributed by atoms with van der Waals surface area (Å²) < 4.78 is 0. The third-order valence-corrected chi connectivity index (χ3v) is 3.87. The van der Waals surface area contributed by atoms with Gasteiger partial charge in [0, 0.05) is 5.69 Å². The first-order valence-corrected chi connectivity index (χ1v) is 7.62. The van der Waals surface area contributed by atoms with Crippen molar-refractivity contribution < 1.29 is 0 Å². The van der Waals surface area contributed by atoms with Gasteiger partial charge in [0.05, 0.1) is 21.9 Å². The van der Waals surface area contributed by atoms with Crippen LogP contribution < -0.4 is 10.6 Å². The van der Waals surface area contributed by atoms with Gasteiger partial charge >= 0.3 is 0 Å². The summed E-state index contributed by atoms with van der Waals surface area (Å²) in [6, 6.07) is 13.3. The molecule has 0 spiro atoms. The van der Waals surface area contributed by atoms with Crippen molar-refractivity contribution in [1.29, 1.82) is 0 Å². The molecular weight excluding hydrogens is 333 g/mol. The van der Waals surface area contributed by atoms with Gasteiger partial charge in [-0.2, -0.15) is 10.1 Å². The van der Waals surface area contributed by atoms with Crippen LogP contribution in [0.1, 0.15) is 5.56 Å². The van der Waals surface area contributed by atoms with Crippen LogP contribution >= 0.6 is 23.2 Å². The molecule has 0 bridgehead atoms. The Morgan fingerprint density at radius 2 is 1.83 bits per heavy atom. The average Bonchev–Trinajstić information content (AvgIpc) is 2.52. The number of nitrogens with one attached hydrogen (secondary N) is 2. The molecule has 3 aromatic rings. The van der Waals surface area contributed by atoms with Crippen LogP contribution in [0.15, 0.2) is 48.7 Å². The van der Waals surface area contributed by atoms with Crippen molar-refractivity contribution in [2.75, 3.05) is 10.6 Å². The van der Waals surface area contributed by atoms with Gasteiger partial charge in [0.1, 0.15) is 0 Å². The van der Waals surface area contributed by atoms with Crippen molar-refractivity contribution in [3.05, 3.63) is 64.3 Å². The van der Waals surface area contributed by atoms with Gasteiger partial charge in [-0.25, -0.2) is 0 Å². The highest BCUT2D eigenvalue weighted by molar-refractivity contribution is 6.43. The largest absolute Gasteiger partial charge is 0.339 e. The first-order valence-electron chi connectivity index (χ1n) is 6.86. The summed E-state index contributed by atoms with van der Waals surface area (Å²) >= 11 is 12.1. The Balaban J connectivity index is 1.81. The van der Waals surface area contributed by atoms with Gasteiger partial charge in [0.25, 0.3) is 0 Å². The lowest BCUT2D eigenvalue weighted by atomic mass is 10.2. The van der Waals surface area contributed by atoms with Crippen molar-refractivity contribution in [2.45, 2.75) is 6.92 Å². The fourth-order valence-electron chi connectivity index (χ4n) is 2.01. The highest BCUT2D eigenvalue weighted by atomic mass is 35.5. The van der Waals surface area contributed by atoms with E-state index >= 15 is 0 Å². The van der Waals surface area contributed by atoms with Crippen molar-refractivity contribution in [3.8, 4) is 0 Å². The molecule has 116 valence electrons. The maximum Gasteiger partial charge on any atom is 0.249 e. The lowest BCUT2D eigenvalue weighted by Gasteiger charge is -2.09. The molecular formula is C16H13Cl2N5. The Hall–Kier alpha value is -2.37. The Kier molecular flexibility index (Phi) is 4.60. The highest BCUT2D eigenvalue weighted by Crippen LogP contribution is 2.31. The molecule has 0 aliphatic carbocycles. The van der Waals surface area contributed by atoms with Crippen LogP contribution in [0.4, 0.5) is 23.1 Å². The lowest BCUT2D eigenvalue weighted by Crippen LogP contribution is -2.02. The van der Waals surface area contributed by atoms with Crippen LogP contribution in [0.2, 0.25) is 10.0 Å². The second kappa shape index (κ2) is 6.81.